The van der Waals surface area contributed by atoms with Crippen LogP contribution in [0.25, 0.3) is 11.3 Å². The van der Waals surface area contributed by atoms with Crippen molar-refractivity contribution in [2.75, 3.05) is 43.9 Å². The Morgan fingerprint density at radius 3 is 2.41 bits per heavy atom. The molecule has 2 heterocycles. The largest absolute Gasteiger partial charge is 0.368 e. The highest BCUT2D eigenvalue weighted by Gasteiger charge is 2.22. The van der Waals surface area contributed by atoms with Gasteiger partial charge in [0, 0.05) is 31.7 Å². The van der Waals surface area contributed by atoms with E-state index < -0.39 is 0 Å². The van der Waals surface area contributed by atoms with Crippen molar-refractivity contribution in [1.29, 1.82) is 0 Å². The van der Waals surface area contributed by atoms with Gasteiger partial charge < -0.3 is 15.5 Å². The van der Waals surface area contributed by atoms with Crippen molar-refractivity contribution in [2.24, 2.45) is 0 Å². The first-order valence-corrected chi connectivity index (χ1v) is 7.30. The smallest absolute Gasteiger partial charge is 0.222 e. The second kappa shape index (κ2) is 6.11. The summed E-state index contributed by atoms with van der Waals surface area (Å²) in [6.45, 7) is 3.51. The van der Waals surface area contributed by atoms with Crippen molar-refractivity contribution in [1.82, 2.24) is 14.9 Å². The zero-order valence-corrected chi connectivity index (χ0v) is 12.6. The summed E-state index contributed by atoms with van der Waals surface area (Å²) in [6.07, 6.45) is 0.829. The van der Waals surface area contributed by atoms with E-state index in [1.54, 1.807) is 0 Å². The van der Waals surface area contributed by atoms with Gasteiger partial charge in [-0.15, -0.1) is 0 Å². The maximum atomic E-state index is 11.7. The molecule has 1 aromatic heterocycles. The third kappa shape index (κ3) is 2.78. The minimum absolute atomic E-state index is 0.193. The molecule has 2 aromatic rings. The zero-order valence-electron chi connectivity index (χ0n) is 12.6. The normalized spacial score (nSPS) is 15.8. The Bertz CT molecular complexity index is 666. The number of nitrogen functional groups attached to an aromatic ring is 1. The third-order valence-electron chi connectivity index (χ3n) is 3.91. The van der Waals surface area contributed by atoms with Gasteiger partial charge in [0.05, 0.1) is 11.3 Å². The summed E-state index contributed by atoms with van der Waals surface area (Å²) in [4.78, 5) is 24.6. The summed E-state index contributed by atoms with van der Waals surface area (Å²) in [7, 11) is 2.09. The highest BCUT2D eigenvalue weighted by Crippen LogP contribution is 2.28. The van der Waals surface area contributed by atoms with Crippen molar-refractivity contribution >= 4 is 18.1 Å². The van der Waals surface area contributed by atoms with Gasteiger partial charge in [-0.2, -0.15) is 4.98 Å². The van der Waals surface area contributed by atoms with Gasteiger partial charge in [0.15, 0.2) is 6.29 Å². The van der Waals surface area contributed by atoms with E-state index in [-0.39, 0.29) is 5.95 Å². The van der Waals surface area contributed by atoms with Crippen molar-refractivity contribution in [3.63, 3.8) is 0 Å². The summed E-state index contributed by atoms with van der Waals surface area (Å²) in [5.74, 6) is 0.827. The summed E-state index contributed by atoms with van der Waals surface area (Å²) >= 11 is 0. The zero-order chi connectivity index (χ0) is 15.5. The Hall–Kier alpha value is -2.47. The van der Waals surface area contributed by atoms with Crippen molar-refractivity contribution in [2.45, 2.75) is 0 Å². The Morgan fingerprint density at radius 1 is 1.09 bits per heavy atom. The summed E-state index contributed by atoms with van der Waals surface area (Å²) in [5, 5.41) is 0. The van der Waals surface area contributed by atoms with Crippen LogP contribution >= 0.6 is 0 Å². The van der Waals surface area contributed by atoms with Crippen LogP contribution in [0.2, 0.25) is 0 Å². The van der Waals surface area contributed by atoms with E-state index >= 15 is 0 Å². The number of likely N-dealkylation sites (N-methyl/N-ethyl adjacent to an activating group) is 1. The Kier molecular flexibility index (Phi) is 4.02. The van der Waals surface area contributed by atoms with Crippen LogP contribution in [-0.4, -0.2) is 54.4 Å². The Labute approximate surface area is 129 Å². The number of rotatable bonds is 3. The Morgan fingerprint density at radius 2 is 1.77 bits per heavy atom. The molecule has 1 saturated heterocycles. The monoisotopic (exact) mass is 297 g/mol. The molecule has 1 aliphatic rings. The van der Waals surface area contributed by atoms with Crippen LogP contribution in [0.1, 0.15) is 10.4 Å². The maximum Gasteiger partial charge on any atom is 0.222 e. The van der Waals surface area contributed by atoms with Crippen LogP contribution in [0.3, 0.4) is 0 Å². The molecule has 0 atom stereocenters. The highest BCUT2D eigenvalue weighted by molar-refractivity contribution is 5.92. The van der Waals surface area contributed by atoms with Gasteiger partial charge in [0.25, 0.3) is 0 Å². The number of aromatic nitrogens is 2. The third-order valence-corrected chi connectivity index (χ3v) is 3.91. The predicted molar refractivity (Wildman–Crippen MR) is 87.0 cm³/mol. The van der Waals surface area contributed by atoms with E-state index in [4.69, 9.17) is 5.73 Å². The van der Waals surface area contributed by atoms with Crippen molar-refractivity contribution < 1.29 is 4.79 Å². The highest BCUT2D eigenvalue weighted by atomic mass is 16.1. The molecule has 6 nitrogen and oxygen atoms in total. The van der Waals surface area contributed by atoms with Gasteiger partial charge in [-0.25, -0.2) is 4.98 Å². The van der Waals surface area contributed by atoms with Crippen LogP contribution in [0.5, 0.6) is 0 Å². The standard InChI is InChI=1S/C16H19N5O/c1-20-7-9-21(10-8-20)15-13(11-22)14(18-16(17)19-15)12-5-3-2-4-6-12/h2-6,11H,7-10H2,1H3,(H2,17,18,19). The van der Waals surface area contributed by atoms with E-state index in [0.717, 1.165) is 38.0 Å². The number of nitrogens with two attached hydrogens (primary N) is 1. The molecule has 0 radical (unpaired) electrons. The number of carbonyl (C=O) groups excluding carboxylic acids is 1. The molecule has 6 heteroatoms. The number of piperazine rings is 1. The lowest BCUT2D eigenvalue weighted by molar-refractivity contribution is 0.112. The molecular weight excluding hydrogens is 278 g/mol. The van der Waals surface area contributed by atoms with Crippen LogP contribution in [-0.2, 0) is 0 Å². The van der Waals surface area contributed by atoms with E-state index in [1.807, 2.05) is 30.3 Å². The molecule has 1 fully saturated rings. The molecule has 1 aliphatic heterocycles. The van der Waals surface area contributed by atoms with Gasteiger partial charge >= 0.3 is 0 Å². The molecule has 0 bridgehead atoms. The minimum atomic E-state index is 0.193. The average Bonchev–Trinajstić information content (AvgIpc) is 2.55. The summed E-state index contributed by atoms with van der Waals surface area (Å²) in [5.41, 5.74) is 7.85. The topological polar surface area (TPSA) is 75.3 Å². The van der Waals surface area contributed by atoms with Gasteiger partial charge in [0.2, 0.25) is 5.95 Å². The van der Waals surface area contributed by atoms with Crippen molar-refractivity contribution in [3.05, 3.63) is 35.9 Å². The van der Waals surface area contributed by atoms with Gasteiger partial charge in [-0.05, 0) is 7.05 Å². The lowest BCUT2D eigenvalue weighted by Gasteiger charge is -2.34. The van der Waals surface area contributed by atoms with E-state index in [0.29, 0.717) is 17.1 Å². The minimum Gasteiger partial charge on any atom is -0.368 e. The van der Waals surface area contributed by atoms with Gasteiger partial charge in [-0.3, -0.25) is 4.79 Å². The molecular formula is C16H19N5O. The maximum absolute atomic E-state index is 11.7. The van der Waals surface area contributed by atoms with Gasteiger partial charge in [-0.1, -0.05) is 30.3 Å². The lowest BCUT2D eigenvalue weighted by Crippen LogP contribution is -2.45. The molecule has 0 unspecified atom stereocenters. The summed E-state index contributed by atoms with van der Waals surface area (Å²) in [6, 6.07) is 9.59. The fourth-order valence-corrected chi connectivity index (χ4v) is 2.66. The number of aldehydes is 1. The second-order valence-electron chi connectivity index (χ2n) is 5.44. The number of hydrogen-bond donors (Lipinski definition) is 1. The molecule has 0 amide bonds. The van der Waals surface area contributed by atoms with Crippen LogP contribution in [0, 0.1) is 0 Å². The average molecular weight is 297 g/mol. The number of anilines is 2. The first-order chi connectivity index (χ1) is 10.7. The quantitative estimate of drug-likeness (QED) is 0.860. The van der Waals surface area contributed by atoms with Crippen LogP contribution in [0.15, 0.2) is 30.3 Å². The molecule has 114 valence electrons. The number of carbonyl (C=O) groups is 1. The molecule has 22 heavy (non-hydrogen) atoms. The second-order valence-corrected chi connectivity index (χ2v) is 5.44. The Balaban J connectivity index is 2.07. The SMILES string of the molecule is CN1CCN(c2nc(N)nc(-c3ccccc3)c2C=O)CC1. The molecule has 0 aliphatic carbocycles. The number of benzene rings is 1. The number of hydrogen-bond acceptors (Lipinski definition) is 6. The van der Waals surface area contributed by atoms with Crippen LogP contribution in [0.4, 0.5) is 11.8 Å². The summed E-state index contributed by atoms with van der Waals surface area (Å²) < 4.78 is 0. The van der Waals surface area contributed by atoms with E-state index in [1.165, 1.54) is 0 Å². The molecule has 2 N–H and O–H groups in total. The number of nitrogens with zero attached hydrogens (tertiary/aromatic N) is 4. The first-order valence-electron chi connectivity index (χ1n) is 7.30. The molecule has 0 saturated carbocycles. The fourth-order valence-electron chi connectivity index (χ4n) is 2.66. The molecule has 3 rings (SSSR count). The van der Waals surface area contributed by atoms with Crippen LogP contribution < -0.4 is 10.6 Å². The van der Waals surface area contributed by atoms with E-state index in [9.17, 15) is 4.79 Å². The first kappa shape index (κ1) is 14.5. The molecule has 0 spiro atoms. The van der Waals surface area contributed by atoms with E-state index in [2.05, 4.69) is 26.8 Å². The van der Waals surface area contributed by atoms with Gasteiger partial charge in [0.1, 0.15) is 5.82 Å². The molecule has 1 aromatic carbocycles. The van der Waals surface area contributed by atoms with Crippen molar-refractivity contribution in [3.8, 4) is 11.3 Å². The fraction of sp³-hybridized carbons (Fsp3) is 0.312. The predicted octanol–water partition coefficient (Wildman–Crippen LogP) is 1.29. The lowest BCUT2D eigenvalue weighted by atomic mass is 10.1.